The van der Waals surface area contributed by atoms with Gasteiger partial charge in [-0.1, -0.05) is 140 Å². The maximum Gasteiger partial charge on any atom is 0.169 e. The van der Waals surface area contributed by atoms with Gasteiger partial charge in [-0.3, -0.25) is 0 Å². The molecule has 1 aliphatic rings. The van der Waals surface area contributed by atoms with Crippen LogP contribution in [0.25, 0.3) is 55.0 Å². The number of benzene rings is 7. The van der Waals surface area contributed by atoms with E-state index in [9.17, 15) is 0 Å². The number of furan rings is 1. The van der Waals surface area contributed by atoms with Gasteiger partial charge in [-0.2, -0.15) is 0 Å². The number of hydrogen-bond acceptors (Lipinski definition) is 4. The van der Waals surface area contributed by atoms with E-state index in [-0.39, 0.29) is 0 Å². The van der Waals surface area contributed by atoms with Crippen molar-refractivity contribution in [1.29, 1.82) is 0 Å². The molecule has 8 aromatic rings. The molecule has 0 amide bonds. The zero-order valence-electron chi connectivity index (χ0n) is 25.5. The lowest BCUT2D eigenvalue weighted by Crippen LogP contribution is -2.36. The predicted octanol–water partition coefficient (Wildman–Crippen LogP) is 10.6. The first-order valence-electron chi connectivity index (χ1n) is 15.9. The van der Waals surface area contributed by atoms with Crippen molar-refractivity contribution >= 4 is 44.4 Å². The fourth-order valence-corrected chi connectivity index (χ4v) is 6.57. The summed E-state index contributed by atoms with van der Waals surface area (Å²) in [5.74, 6) is 1.55. The second kappa shape index (κ2) is 11.3. The Hall–Kier alpha value is -6.26. The fraction of sp³-hybridized carbons (Fsp3) is 0.0233. The molecule has 1 unspecified atom stereocenters. The van der Waals surface area contributed by atoms with Crippen molar-refractivity contribution in [3.63, 3.8) is 0 Å². The van der Waals surface area contributed by atoms with Crippen molar-refractivity contribution in [3.8, 4) is 22.3 Å². The molecule has 1 aromatic heterocycles. The van der Waals surface area contributed by atoms with Crippen molar-refractivity contribution in [1.82, 2.24) is 5.32 Å². The van der Waals surface area contributed by atoms with Crippen molar-refractivity contribution in [2.24, 2.45) is 9.98 Å². The Balaban J connectivity index is 1.18. The molecule has 0 spiro atoms. The van der Waals surface area contributed by atoms with Gasteiger partial charge in [0.2, 0.25) is 0 Å². The Kier molecular flexibility index (Phi) is 6.50. The van der Waals surface area contributed by atoms with Crippen LogP contribution in [0.3, 0.4) is 0 Å². The average Bonchev–Trinajstić information content (AvgIpc) is 3.55. The first-order chi connectivity index (χ1) is 23.3. The summed E-state index contributed by atoms with van der Waals surface area (Å²) in [4.78, 5) is 10.4. The van der Waals surface area contributed by atoms with Crippen LogP contribution in [0.5, 0.6) is 0 Å². The summed E-state index contributed by atoms with van der Waals surface area (Å²) < 4.78 is 6.56. The van der Waals surface area contributed by atoms with Crippen molar-refractivity contribution in [2.45, 2.75) is 6.17 Å². The third-order valence-corrected chi connectivity index (χ3v) is 8.94. The van der Waals surface area contributed by atoms with Crippen LogP contribution >= 0.6 is 0 Å². The van der Waals surface area contributed by atoms with E-state index in [1.807, 2.05) is 36.4 Å². The molecule has 0 saturated heterocycles. The summed E-state index contributed by atoms with van der Waals surface area (Å²) in [6.07, 6.45) is -0.422. The fourth-order valence-electron chi connectivity index (χ4n) is 6.57. The second-order valence-corrected chi connectivity index (χ2v) is 11.8. The quantitative estimate of drug-likeness (QED) is 0.213. The minimum absolute atomic E-state index is 0.422. The lowest BCUT2D eigenvalue weighted by atomic mass is 9.97. The molecule has 1 atom stereocenters. The molecule has 1 aliphatic heterocycles. The van der Waals surface area contributed by atoms with Gasteiger partial charge in [-0.15, -0.1) is 0 Å². The van der Waals surface area contributed by atoms with E-state index in [0.29, 0.717) is 0 Å². The lowest BCUT2D eigenvalue weighted by Gasteiger charge is -2.23. The molecule has 2 heterocycles. The lowest BCUT2D eigenvalue weighted by molar-refractivity contribution is 0.670. The molecule has 47 heavy (non-hydrogen) atoms. The summed E-state index contributed by atoms with van der Waals surface area (Å²) in [6, 6.07) is 56.9. The van der Waals surface area contributed by atoms with Gasteiger partial charge in [0.25, 0.3) is 0 Å². The minimum Gasteiger partial charge on any atom is -0.455 e. The first kappa shape index (κ1) is 27.1. The van der Waals surface area contributed by atoms with Gasteiger partial charge in [-0.05, 0) is 57.3 Å². The van der Waals surface area contributed by atoms with Crippen molar-refractivity contribution < 1.29 is 4.42 Å². The van der Waals surface area contributed by atoms with E-state index in [2.05, 4.69) is 133 Å². The highest BCUT2D eigenvalue weighted by Crippen LogP contribution is 2.39. The van der Waals surface area contributed by atoms with E-state index in [1.54, 1.807) is 0 Å². The van der Waals surface area contributed by atoms with Gasteiger partial charge in [0.05, 0.1) is 0 Å². The smallest absolute Gasteiger partial charge is 0.169 e. The Morgan fingerprint density at radius 3 is 1.91 bits per heavy atom. The van der Waals surface area contributed by atoms with Crippen LogP contribution < -0.4 is 5.32 Å². The molecule has 0 radical (unpaired) electrons. The highest BCUT2D eigenvalue weighted by molar-refractivity contribution is 6.24. The molecule has 0 bridgehead atoms. The van der Waals surface area contributed by atoms with Crippen LogP contribution in [0.4, 0.5) is 0 Å². The molecular formula is C43H29N3O. The highest BCUT2D eigenvalue weighted by Gasteiger charge is 2.25. The highest BCUT2D eigenvalue weighted by atomic mass is 16.3. The SMILES string of the molecule is c1ccc(C2=NC(c3ccc(-c4ccc5ccccc5c4)cc3)N=C(c3ccc(-c4ccccc4)c4oc5ccccc5c34)N2)cc1. The molecule has 4 nitrogen and oxygen atoms in total. The molecule has 1 N–H and O–H groups in total. The zero-order chi connectivity index (χ0) is 31.2. The third kappa shape index (κ3) is 4.88. The number of fused-ring (bicyclic) bond motifs is 4. The summed E-state index contributed by atoms with van der Waals surface area (Å²) in [5, 5.41) is 8.17. The van der Waals surface area contributed by atoms with Crippen LogP contribution in [0, 0.1) is 0 Å². The Bertz CT molecular complexity index is 2480. The Morgan fingerprint density at radius 2 is 1.11 bits per heavy atom. The number of rotatable bonds is 5. The van der Waals surface area contributed by atoms with E-state index in [0.717, 1.165) is 67.0 Å². The summed E-state index contributed by atoms with van der Waals surface area (Å²) in [7, 11) is 0. The topological polar surface area (TPSA) is 49.9 Å². The van der Waals surface area contributed by atoms with Crippen LogP contribution in [0.2, 0.25) is 0 Å². The molecule has 7 aromatic carbocycles. The maximum atomic E-state index is 6.56. The zero-order valence-corrected chi connectivity index (χ0v) is 25.5. The summed E-state index contributed by atoms with van der Waals surface area (Å²) in [6.45, 7) is 0. The van der Waals surface area contributed by atoms with E-state index in [1.165, 1.54) is 16.3 Å². The number of nitrogens with one attached hydrogen (secondary N) is 1. The van der Waals surface area contributed by atoms with Gasteiger partial charge in [0, 0.05) is 27.5 Å². The predicted molar refractivity (Wildman–Crippen MR) is 194 cm³/mol. The number of nitrogens with zero attached hydrogens (tertiary/aromatic N) is 2. The van der Waals surface area contributed by atoms with Gasteiger partial charge in [0.15, 0.2) is 6.17 Å². The van der Waals surface area contributed by atoms with Gasteiger partial charge in [0.1, 0.15) is 22.8 Å². The van der Waals surface area contributed by atoms with Crippen LogP contribution in [0.15, 0.2) is 178 Å². The number of para-hydroxylation sites is 1. The van der Waals surface area contributed by atoms with Gasteiger partial charge >= 0.3 is 0 Å². The molecule has 0 saturated carbocycles. The monoisotopic (exact) mass is 603 g/mol. The maximum absolute atomic E-state index is 6.56. The van der Waals surface area contributed by atoms with E-state index in [4.69, 9.17) is 14.4 Å². The van der Waals surface area contributed by atoms with Crippen LogP contribution in [0.1, 0.15) is 22.9 Å². The van der Waals surface area contributed by atoms with Crippen molar-refractivity contribution in [2.75, 3.05) is 0 Å². The number of hydrogen-bond donors (Lipinski definition) is 1. The van der Waals surface area contributed by atoms with Crippen LogP contribution in [-0.4, -0.2) is 11.7 Å². The third-order valence-electron chi connectivity index (χ3n) is 8.94. The standard InChI is InChI=1S/C43H29N3O/c1-3-12-30(13-4-1)35-25-26-37(39-36-17-9-10-18-38(36)47-40(35)39)43-45-41(31-14-5-2-6-15-31)44-42(46-43)32-22-19-29(20-23-32)34-24-21-28-11-7-8-16-33(28)27-34/h1-27,42H,(H,44,45,46). The van der Waals surface area contributed by atoms with Crippen LogP contribution in [-0.2, 0) is 0 Å². The van der Waals surface area contributed by atoms with Gasteiger partial charge < -0.3 is 9.73 Å². The normalized spacial score (nSPS) is 14.6. The van der Waals surface area contributed by atoms with Gasteiger partial charge in [-0.25, -0.2) is 9.98 Å². The molecular weight excluding hydrogens is 574 g/mol. The first-order valence-corrected chi connectivity index (χ1v) is 15.9. The second-order valence-electron chi connectivity index (χ2n) is 11.8. The number of aliphatic imine (C=N–C) groups is 2. The summed E-state index contributed by atoms with van der Waals surface area (Å²) >= 11 is 0. The molecule has 222 valence electrons. The molecule has 0 fully saturated rings. The largest absolute Gasteiger partial charge is 0.455 e. The minimum atomic E-state index is -0.422. The average molecular weight is 604 g/mol. The Morgan fingerprint density at radius 1 is 0.468 bits per heavy atom. The van der Waals surface area contributed by atoms with Crippen molar-refractivity contribution in [3.05, 3.63) is 180 Å². The molecule has 4 heteroatoms. The summed E-state index contributed by atoms with van der Waals surface area (Å²) in [5.41, 5.74) is 9.21. The molecule has 0 aliphatic carbocycles. The van der Waals surface area contributed by atoms with E-state index < -0.39 is 6.17 Å². The Labute approximate surface area is 272 Å². The van der Waals surface area contributed by atoms with E-state index >= 15 is 0 Å². The number of amidine groups is 2. The molecule has 9 rings (SSSR count).